The molecule has 0 atom stereocenters. The predicted octanol–water partition coefficient (Wildman–Crippen LogP) is 7.11. The molecule has 0 saturated carbocycles. The summed E-state index contributed by atoms with van der Waals surface area (Å²) in [5.41, 5.74) is 4.95. The summed E-state index contributed by atoms with van der Waals surface area (Å²) in [7, 11) is 0. The summed E-state index contributed by atoms with van der Waals surface area (Å²) in [6.07, 6.45) is -4.32. The zero-order valence-electron chi connectivity index (χ0n) is 15.0. The van der Waals surface area contributed by atoms with Gasteiger partial charge in [-0.1, -0.05) is 54.2 Å². The molecule has 28 heavy (non-hydrogen) atoms. The lowest BCUT2D eigenvalue weighted by atomic mass is 10.0. The lowest BCUT2D eigenvalue weighted by Gasteiger charge is -2.06. The van der Waals surface area contributed by atoms with E-state index in [-0.39, 0.29) is 0 Å². The number of halogens is 3. The van der Waals surface area contributed by atoms with E-state index in [1.54, 1.807) is 0 Å². The highest BCUT2D eigenvalue weighted by Crippen LogP contribution is 2.32. The van der Waals surface area contributed by atoms with Crippen molar-refractivity contribution in [3.63, 3.8) is 0 Å². The van der Waals surface area contributed by atoms with Crippen molar-refractivity contribution in [3.05, 3.63) is 83.4 Å². The summed E-state index contributed by atoms with van der Waals surface area (Å²) in [6.45, 7) is 2.06. The number of fused-ring (bicyclic) bond motifs is 1. The van der Waals surface area contributed by atoms with E-state index in [2.05, 4.69) is 24.0 Å². The first-order valence-electron chi connectivity index (χ1n) is 8.66. The first-order valence-corrected chi connectivity index (χ1v) is 9.64. The van der Waals surface area contributed by atoms with Crippen molar-refractivity contribution >= 4 is 22.9 Å². The van der Waals surface area contributed by atoms with Gasteiger partial charge in [-0.25, -0.2) is 4.98 Å². The third kappa shape index (κ3) is 3.92. The van der Waals surface area contributed by atoms with Crippen LogP contribution in [0.4, 0.5) is 13.2 Å². The number of rotatable bonds is 4. The Morgan fingerprint density at radius 3 is 2.43 bits per heavy atom. The van der Waals surface area contributed by atoms with E-state index in [1.807, 2.05) is 30.3 Å². The van der Waals surface area contributed by atoms with Gasteiger partial charge in [0.15, 0.2) is 5.58 Å². The van der Waals surface area contributed by atoms with E-state index in [4.69, 9.17) is 4.42 Å². The van der Waals surface area contributed by atoms with Crippen LogP contribution >= 0.6 is 11.8 Å². The van der Waals surface area contributed by atoms with Gasteiger partial charge in [0.1, 0.15) is 5.52 Å². The van der Waals surface area contributed by atoms with Crippen LogP contribution in [0.25, 0.3) is 22.2 Å². The fourth-order valence-electron chi connectivity index (χ4n) is 2.96. The normalized spacial score (nSPS) is 11.9. The molecule has 0 radical (unpaired) electrons. The van der Waals surface area contributed by atoms with Gasteiger partial charge < -0.3 is 4.42 Å². The Balaban J connectivity index is 1.51. The molecule has 0 bridgehead atoms. The third-order valence-corrected chi connectivity index (χ3v) is 5.37. The number of benzene rings is 3. The molecule has 0 aliphatic heterocycles. The van der Waals surface area contributed by atoms with Crippen LogP contribution in [0.3, 0.4) is 0 Å². The highest BCUT2D eigenvalue weighted by Gasteiger charge is 2.29. The Morgan fingerprint density at radius 2 is 1.71 bits per heavy atom. The number of hydrogen-bond donors (Lipinski definition) is 0. The quantitative estimate of drug-likeness (QED) is 0.342. The molecule has 4 rings (SSSR count). The second kappa shape index (κ2) is 7.36. The molecular formula is C22H16F3NOS. The maximum Gasteiger partial charge on any atom is 0.416 e. The summed E-state index contributed by atoms with van der Waals surface area (Å²) in [5.74, 6) is 0.482. The molecular weight excluding hydrogens is 383 g/mol. The molecule has 0 amide bonds. The van der Waals surface area contributed by atoms with Crippen molar-refractivity contribution in [2.45, 2.75) is 24.1 Å². The molecule has 142 valence electrons. The monoisotopic (exact) mass is 399 g/mol. The molecule has 0 N–H and O–H groups in total. The molecule has 6 heteroatoms. The zero-order chi connectivity index (χ0) is 19.7. The maximum atomic E-state index is 12.6. The van der Waals surface area contributed by atoms with Gasteiger partial charge in [0, 0.05) is 5.75 Å². The average molecular weight is 399 g/mol. The molecule has 1 aromatic heterocycles. The van der Waals surface area contributed by atoms with Gasteiger partial charge in [-0.05, 0) is 53.4 Å². The van der Waals surface area contributed by atoms with Gasteiger partial charge in [-0.15, -0.1) is 0 Å². The SMILES string of the molecule is Cc1ccccc1-c1ccc2nc(SCc3ccc(C(F)(F)F)cc3)oc2c1. The second-order valence-corrected chi connectivity index (χ2v) is 7.39. The second-order valence-electron chi connectivity index (χ2n) is 6.46. The average Bonchev–Trinajstić information content (AvgIpc) is 3.08. The Kier molecular flexibility index (Phi) is 4.89. The summed E-state index contributed by atoms with van der Waals surface area (Å²) >= 11 is 1.36. The molecule has 0 aliphatic rings. The number of aryl methyl sites for hydroxylation is 1. The van der Waals surface area contributed by atoms with Gasteiger partial charge in [0.2, 0.25) is 0 Å². The first-order chi connectivity index (χ1) is 13.4. The van der Waals surface area contributed by atoms with Crippen LogP contribution in [0, 0.1) is 6.92 Å². The predicted molar refractivity (Wildman–Crippen MR) is 105 cm³/mol. The smallest absolute Gasteiger partial charge is 0.416 e. The molecule has 2 nitrogen and oxygen atoms in total. The van der Waals surface area contributed by atoms with Gasteiger partial charge in [-0.2, -0.15) is 13.2 Å². The number of nitrogens with zero attached hydrogens (tertiary/aromatic N) is 1. The molecule has 4 aromatic rings. The Hall–Kier alpha value is -2.73. The lowest BCUT2D eigenvalue weighted by Crippen LogP contribution is -2.04. The van der Waals surface area contributed by atoms with Gasteiger partial charge in [0.25, 0.3) is 5.22 Å². The van der Waals surface area contributed by atoms with Crippen LogP contribution in [0.5, 0.6) is 0 Å². The molecule has 1 heterocycles. The van der Waals surface area contributed by atoms with Crippen LogP contribution in [-0.2, 0) is 11.9 Å². The van der Waals surface area contributed by atoms with E-state index in [0.29, 0.717) is 16.6 Å². The van der Waals surface area contributed by atoms with Crippen LogP contribution in [0.15, 0.2) is 76.4 Å². The Bertz CT molecular complexity index is 1120. The maximum absolute atomic E-state index is 12.6. The van der Waals surface area contributed by atoms with E-state index >= 15 is 0 Å². The molecule has 0 spiro atoms. The van der Waals surface area contributed by atoms with Crippen molar-refractivity contribution < 1.29 is 17.6 Å². The minimum atomic E-state index is -4.32. The van der Waals surface area contributed by atoms with E-state index in [9.17, 15) is 13.2 Å². The van der Waals surface area contributed by atoms with Crippen LogP contribution in [0.2, 0.25) is 0 Å². The van der Waals surface area contributed by atoms with Crippen molar-refractivity contribution in [3.8, 4) is 11.1 Å². The number of hydrogen-bond acceptors (Lipinski definition) is 3. The minimum absolute atomic E-state index is 0.482. The standard InChI is InChI=1S/C22H16F3NOS/c1-14-4-2-3-5-18(14)16-8-11-19-20(12-16)27-21(26-19)28-13-15-6-9-17(10-7-15)22(23,24)25/h2-12H,13H2,1H3. The number of thioether (sulfide) groups is 1. The van der Waals surface area contributed by atoms with Gasteiger partial charge in [-0.3, -0.25) is 0 Å². The number of aromatic nitrogens is 1. The first kappa shape index (κ1) is 18.6. The minimum Gasteiger partial charge on any atom is -0.431 e. The van der Waals surface area contributed by atoms with Crippen molar-refractivity contribution in [1.29, 1.82) is 0 Å². The molecule has 0 aliphatic carbocycles. The van der Waals surface area contributed by atoms with E-state index in [0.717, 1.165) is 34.3 Å². The van der Waals surface area contributed by atoms with Gasteiger partial charge >= 0.3 is 6.18 Å². The molecule has 0 unspecified atom stereocenters. The zero-order valence-corrected chi connectivity index (χ0v) is 15.8. The summed E-state index contributed by atoms with van der Waals surface area (Å²) < 4.78 is 43.8. The van der Waals surface area contributed by atoms with E-state index in [1.165, 1.54) is 29.5 Å². The van der Waals surface area contributed by atoms with Crippen molar-refractivity contribution in [1.82, 2.24) is 4.98 Å². The van der Waals surface area contributed by atoms with E-state index < -0.39 is 11.7 Å². The van der Waals surface area contributed by atoms with Crippen molar-refractivity contribution in [2.24, 2.45) is 0 Å². The van der Waals surface area contributed by atoms with Crippen LogP contribution in [0.1, 0.15) is 16.7 Å². The third-order valence-electron chi connectivity index (χ3n) is 4.47. The summed E-state index contributed by atoms with van der Waals surface area (Å²) in [6, 6.07) is 19.2. The molecule has 3 aromatic carbocycles. The van der Waals surface area contributed by atoms with Crippen molar-refractivity contribution in [2.75, 3.05) is 0 Å². The highest BCUT2D eigenvalue weighted by atomic mass is 32.2. The lowest BCUT2D eigenvalue weighted by molar-refractivity contribution is -0.137. The Morgan fingerprint density at radius 1 is 0.964 bits per heavy atom. The van der Waals surface area contributed by atoms with Gasteiger partial charge in [0.05, 0.1) is 5.56 Å². The highest BCUT2D eigenvalue weighted by molar-refractivity contribution is 7.98. The molecule has 0 fully saturated rings. The fraction of sp³-hybridized carbons (Fsp3) is 0.136. The van der Waals surface area contributed by atoms with Crippen LogP contribution < -0.4 is 0 Å². The van der Waals surface area contributed by atoms with Crippen LogP contribution in [-0.4, -0.2) is 4.98 Å². The Labute approximate surface area is 164 Å². The topological polar surface area (TPSA) is 26.0 Å². The molecule has 0 saturated heterocycles. The summed E-state index contributed by atoms with van der Waals surface area (Å²) in [4.78, 5) is 4.46. The largest absolute Gasteiger partial charge is 0.431 e. The fourth-order valence-corrected chi connectivity index (χ4v) is 3.76. The number of oxazole rings is 1. The summed E-state index contributed by atoms with van der Waals surface area (Å²) in [5, 5.41) is 0.497. The number of alkyl halides is 3.